The van der Waals surface area contributed by atoms with Gasteiger partial charge in [-0.05, 0) is 78.0 Å². The molecule has 9 heteroatoms. The fourth-order valence-electron chi connectivity index (χ4n) is 3.74. The van der Waals surface area contributed by atoms with Gasteiger partial charge in [0, 0.05) is 35.3 Å². The lowest BCUT2D eigenvalue weighted by Crippen LogP contribution is -2.49. The highest BCUT2D eigenvalue weighted by Crippen LogP contribution is 2.35. The van der Waals surface area contributed by atoms with E-state index in [1.54, 1.807) is 54.6 Å². The van der Waals surface area contributed by atoms with E-state index in [-0.39, 0.29) is 5.91 Å². The molecule has 1 fully saturated rings. The minimum Gasteiger partial charge on any atom is -0.366 e. The van der Waals surface area contributed by atoms with E-state index in [1.165, 1.54) is 4.31 Å². The van der Waals surface area contributed by atoms with E-state index in [9.17, 15) is 13.2 Å². The maximum absolute atomic E-state index is 13.0. The minimum absolute atomic E-state index is 0.226. The Morgan fingerprint density at radius 3 is 2.21 bits per heavy atom. The molecule has 172 valence electrons. The van der Waals surface area contributed by atoms with Crippen LogP contribution in [0.25, 0.3) is 0 Å². The highest BCUT2D eigenvalue weighted by molar-refractivity contribution is 14.1. The van der Waals surface area contributed by atoms with E-state index in [4.69, 9.17) is 11.6 Å². The number of piperazine rings is 1. The first-order chi connectivity index (χ1) is 15.8. The molecule has 0 aromatic heterocycles. The summed E-state index contributed by atoms with van der Waals surface area (Å²) in [5, 5.41) is 3.46. The highest BCUT2D eigenvalue weighted by Gasteiger charge is 2.30. The number of hydrogen-bond donors (Lipinski definition) is 1. The molecular weight excluding hydrogens is 573 g/mol. The van der Waals surface area contributed by atoms with Gasteiger partial charge in [-0.2, -0.15) is 4.31 Å². The van der Waals surface area contributed by atoms with E-state index < -0.39 is 10.0 Å². The quantitative estimate of drug-likeness (QED) is 0.421. The molecule has 1 N–H and O–H groups in total. The van der Waals surface area contributed by atoms with Gasteiger partial charge in [-0.3, -0.25) is 4.79 Å². The molecule has 33 heavy (non-hydrogen) atoms. The second-order valence-corrected chi connectivity index (χ2v) is 11.4. The number of rotatable bonds is 5. The van der Waals surface area contributed by atoms with Crippen LogP contribution in [0.3, 0.4) is 0 Å². The summed E-state index contributed by atoms with van der Waals surface area (Å²) in [6.45, 7) is 3.49. The lowest BCUT2D eigenvalue weighted by Gasteiger charge is -2.36. The number of sulfonamides is 1. The van der Waals surface area contributed by atoms with Crippen molar-refractivity contribution in [3.63, 3.8) is 0 Å². The first kappa shape index (κ1) is 24.0. The summed E-state index contributed by atoms with van der Waals surface area (Å²) in [7, 11) is -3.56. The van der Waals surface area contributed by atoms with Gasteiger partial charge in [0.2, 0.25) is 10.0 Å². The molecule has 0 radical (unpaired) electrons. The van der Waals surface area contributed by atoms with E-state index >= 15 is 0 Å². The van der Waals surface area contributed by atoms with Crippen LogP contribution < -0.4 is 10.2 Å². The van der Waals surface area contributed by atoms with Crippen LogP contribution in [0.5, 0.6) is 0 Å². The fourth-order valence-corrected chi connectivity index (χ4v) is 5.82. The second-order valence-electron chi connectivity index (χ2n) is 7.80. The highest BCUT2D eigenvalue weighted by atomic mass is 127. The Labute approximate surface area is 212 Å². The molecule has 3 aromatic carbocycles. The molecule has 4 rings (SSSR count). The van der Waals surface area contributed by atoms with Gasteiger partial charge in [0.25, 0.3) is 5.91 Å². The van der Waals surface area contributed by atoms with E-state index in [0.717, 1.165) is 9.13 Å². The molecular formula is C24H23ClIN3O3S. The SMILES string of the molecule is Cc1ccc(S(=O)(=O)N2CCN(c3c(Cl)cccc3NC(=O)c3ccc(I)cc3)CC2)cc1. The third kappa shape index (κ3) is 5.34. The zero-order chi connectivity index (χ0) is 23.6. The Kier molecular flexibility index (Phi) is 7.28. The van der Waals surface area contributed by atoms with E-state index in [1.807, 2.05) is 24.0 Å². The number of carbonyl (C=O) groups is 1. The number of benzene rings is 3. The number of nitrogens with one attached hydrogen (secondary N) is 1. The number of anilines is 2. The van der Waals surface area contributed by atoms with Gasteiger partial charge >= 0.3 is 0 Å². The van der Waals surface area contributed by atoms with Gasteiger partial charge in [-0.1, -0.05) is 35.4 Å². The predicted molar refractivity (Wildman–Crippen MR) is 141 cm³/mol. The van der Waals surface area contributed by atoms with Crippen molar-refractivity contribution in [1.29, 1.82) is 0 Å². The van der Waals surface area contributed by atoms with Gasteiger partial charge < -0.3 is 10.2 Å². The van der Waals surface area contributed by atoms with Crippen molar-refractivity contribution in [3.05, 3.63) is 86.4 Å². The Bertz CT molecular complexity index is 1260. The molecule has 0 bridgehead atoms. The Balaban J connectivity index is 1.51. The van der Waals surface area contributed by atoms with Crippen molar-refractivity contribution in [1.82, 2.24) is 4.31 Å². The summed E-state index contributed by atoms with van der Waals surface area (Å²) >= 11 is 8.72. The standard InChI is InChI=1S/C24H23ClIN3O3S/c1-17-5-11-20(12-6-17)33(31,32)29-15-13-28(14-16-29)23-21(25)3-2-4-22(23)27-24(30)18-7-9-19(26)10-8-18/h2-12H,13-16H2,1H3,(H,27,30). The zero-order valence-electron chi connectivity index (χ0n) is 18.0. The molecule has 1 heterocycles. The number of amides is 1. The van der Waals surface area contributed by atoms with Crippen LogP contribution in [0, 0.1) is 10.5 Å². The molecule has 1 aliphatic rings. The molecule has 1 saturated heterocycles. The van der Waals surface area contributed by atoms with Crippen LogP contribution in [-0.2, 0) is 10.0 Å². The third-order valence-corrected chi connectivity index (χ3v) is 8.49. The summed E-state index contributed by atoms with van der Waals surface area (Å²) in [6, 6.07) is 19.6. The number of hydrogen-bond acceptors (Lipinski definition) is 4. The first-order valence-electron chi connectivity index (χ1n) is 10.4. The maximum Gasteiger partial charge on any atom is 0.255 e. The van der Waals surface area contributed by atoms with Crippen LogP contribution in [0.2, 0.25) is 5.02 Å². The van der Waals surface area contributed by atoms with E-state index in [0.29, 0.717) is 53.0 Å². The van der Waals surface area contributed by atoms with Crippen molar-refractivity contribution in [2.45, 2.75) is 11.8 Å². The van der Waals surface area contributed by atoms with Crippen molar-refractivity contribution >= 4 is 61.5 Å². The Hall–Kier alpha value is -2.14. The van der Waals surface area contributed by atoms with Crippen LogP contribution in [0.1, 0.15) is 15.9 Å². The summed E-state index contributed by atoms with van der Waals surface area (Å²) in [5.74, 6) is -0.226. The van der Waals surface area contributed by atoms with Gasteiger partial charge in [0.15, 0.2) is 0 Å². The largest absolute Gasteiger partial charge is 0.366 e. The van der Waals surface area contributed by atoms with Crippen molar-refractivity contribution in [2.24, 2.45) is 0 Å². The van der Waals surface area contributed by atoms with E-state index in [2.05, 4.69) is 27.9 Å². The summed E-state index contributed by atoms with van der Waals surface area (Å²) < 4.78 is 28.6. The van der Waals surface area contributed by atoms with Gasteiger partial charge in [0.1, 0.15) is 0 Å². The molecule has 0 spiro atoms. The molecule has 6 nitrogen and oxygen atoms in total. The molecule has 0 saturated carbocycles. The van der Waals surface area contributed by atoms with Crippen LogP contribution >= 0.6 is 34.2 Å². The zero-order valence-corrected chi connectivity index (χ0v) is 21.7. The summed E-state index contributed by atoms with van der Waals surface area (Å²) in [6.07, 6.45) is 0. The topological polar surface area (TPSA) is 69.7 Å². The fraction of sp³-hybridized carbons (Fsp3) is 0.208. The molecule has 0 unspecified atom stereocenters. The lowest BCUT2D eigenvalue weighted by atomic mass is 10.2. The number of halogens is 2. The number of para-hydroxylation sites is 1. The predicted octanol–water partition coefficient (Wildman–Crippen LogP) is 5.02. The number of nitrogens with zero attached hydrogens (tertiary/aromatic N) is 2. The second kappa shape index (κ2) is 10.0. The molecule has 1 amide bonds. The van der Waals surface area contributed by atoms with Gasteiger partial charge in [-0.15, -0.1) is 0 Å². The molecule has 1 aliphatic heterocycles. The minimum atomic E-state index is -3.56. The van der Waals surface area contributed by atoms with Crippen molar-refractivity contribution in [2.75, 3.05) is 36.4 Å². The summed E-state index contributed by atoms with van der Waals surface area (Å²) in [4.78, 5) is 15.1. The molecule has 3 aromatic rings. The van der Waals surface area contributed by atoms with Crippen LogP contribution in [-0.4, -0.2) is 44.8 Å². The maximum atomic E-state index is 13.0. The number of carbonyl (C=O) groups excluding carboxylic acids is 1. The van der Waals surface area contributed by atoms with Gasteiger partial charge in [0.05, 0.1) is 21.3 Å². The lowest BCUT2D eigenvalue weighted by molar-refractivity contribution is 0.102. The average Bonchev–Trinajstić information content (AvgIpc) is 2.80. The first-order valence-corrected chi connectivity index (χ1v) is 13.3. The molecule has 0 atom stereocenters. The smallest absolute Gasteiger partial charge is 0.255 e. The monoisotopic (exact) mass is 595 g/mol. The Morgan fingerprint density at radius 1 is 0.939 bits per heavy atom. The normalized spacial score (nSPS) is 14.8. The average molecular weight is 596 g/mol. The van der Waals surface area contributed by atoms with Crippen molar-refractivity contribution in [3.8, 4) is 0 Å². The van der Waals surface area contributed by atoms with Crippen LogP contribution in [0.15, 0.2) is 71.6 Å². The summed E-state index contributed by atoms with van der Waals surface area (Å²) in [5.41, 5.74) is 2.86. The Morgan fingerprint density at radius 2 is 1.58 bits per heavy atom. The van der Waals surface area contributed by atoms with Gasteiger partial charge in [-0.25, -0.2) is 8.42 Å². The molecule has 0 aliphatic carbocycles. The van der Waals surface area contributed by atoms with Crippen molar-refractivity contribution < 1.29 is 13.2 Å². The number of aryl methyl sites for hydroxylation is 1. The third-order valence-electron chi connectivity index (χ3n) is 5.56. The van der Waals surface area contributed by atoms with Crippen LogP contribution in [0.4, 0.5) is 11.4 Å².